The number of primary amides is 1. The summed E-state index contributed by atoms with van der Waals surface area (Å²) in [6, 6.07) is 0. The molecule has 0 saturated carbocycles. The number of carbonyl (C=O) groups is 4. The summed E-state index contributed by atoms with van der Waals surface area (Å²) in [5.41, 5.74) is 6.68. The number of hydrogen-bond donors (Lipinski definition) is 5. The highest BCUT2D eigenvalue weighted by Gasteiger charge is 2.34. The summed E-state index contributed by atoms with van der Waals surface area (Å²) >= 11 is 0. The number of hydrogen-bond acceptors (Lipinski definition) is 10. The first-order valence-corrected chi connectivity index (χ1v) is 15.9. The lowest BCUT2D eigenvalue weighted by Crippen LogP contribution is -2.39. The van der Waals surface area contributed by atoms with E-state index in [-0.39, 0.29) is 35.1 Å². The highest BCUT2D eigenvalue weighted by Crippen LogP contribution is 2.29. The van der Waals surface area contributed by atoms with E-state index in [9.17, 15) is 24.3 Å². The van der Waals surface area contributed by atoms with Gasteiger partial charge in [0.05, 0.1) is 23.6 Å². The molecular weight excluding hydrogens is 592 g/mol. The molecule has 2 amide bonds. The predicted molar refractivity (Wildman–Crippen MR) is 173 cm³/mol. The molecule has 6 N–H and O–H groups in total. The summed E-state index contributed by atoms with van der Waals surface area (Å²) in [4.78, 5) is 52.2. The van der Waals surface area contributed by atoms with Crippen LogP contribution in [0.4, 0.5) is 4.79 Å². The Morgan fingerprint density at radius 3 is 2.43 bits per heavy atom. The molecule has 12 heteroatoms. The molecule has 0 radical (unpaired) electrons. The van der Waals surface area contributed by atoms with E-state index in [2.05, 4.69) is 16.0 Å². The Morgan fingerprint density at radius 1 is 1.11 bits per heavy atom. The summed E-state index contributed by atoms with van der Waals surface area (Å²) in [6.45, 7) is 9.43. The van der Waals surface area contributed by atoms with Gasteiger partial charge in [-0.1, -0.05) is 38.2 Å². The second-order valence-electron chi connectivity index (χ2n) is 12.5. The number of carbonyl (C=O) groups excluding carboxylic acids is 4. The zero-order valence-electron chi connectivity index (χ0n) is 27.8. The zero-order chi connectivity index (χ0) is 34.0. The Labute approximate surface area is 271 Å². The standard InChI is InChI=1S/C34H50N4O8/c1-19-14-24-29(37-18-23-10-12-36-13-11-23)26(39)17-25(31(24)41)38-33(42)20(2)8-7-9-27(44-5)32(46-34(35)43)22(4)16-21(3)30(40)28(15-19)45-6/h7-9,16-17,19,21,23,27-28,30,32,36-37,40H,10-15,18H2,1-6H3,(H2,35,43)(H,38,42)/b9-7-,20-8-,22-16-/t19-,21+,27+,28+,30-,32+/m1/s1. The number of nitrogens with two attached hydrogens (primary N) is 1. The molecule has 2 heterocycles. The van der Waals surface area contributed by atoms with Crippen molar-refractivity contribution in [3.05, 3.63) is 58.5 Å². The van der Waals surface area contributed by atoms with E-state index < -0.39 is 48.1 Å². The Kier molecular flexibility index (Phi) is 13.9. The molecule has 1 aliphatic carbocycles. The average Bonchev–Trinajstić information content (AvgIpc) is 3.02. The van der Waals surface area contributed by atoms with Crippen LogP contribution in [0.15, 0.2) is 58.5 Å². The van der Waals surface area contributed by atoms with Crippen LogP contribution in [-0.2, 0) is 28.6 Å². The minimum atomic E-state index is -0.994. The van der Waals surface area contributed by atoms with Crippen molar-refractivity contribution in [2.24, 2.45) is 23.5 Å². The molecule has 254 valence electrons. The highest BCUT2D eigenvalue weighted by atomic mass is 16.6. The van der Waals surface area contributed by atoms with Gasteiger partial charge in [-0.15, -0.1) is 0 Å². The average molecular weight is 643 g/mol. The molecular formula is C34H50N4O8. The van der Waals surface area contributed by atoms with Gasteiger partial charge >= 0.3 is 6.09 Å². The lowest BCUT2D eigenvalue weighted by atomic mass is 9.85. The Balaban J connectivity index is 2.03. The van der Waals surface area contributed by atoms with E-state index in [4.69, 9.17) is 19.9 Å². The lowest BCUT2D eigenvalue weighted by molar-refractivity contribution is -0.120. The minimum absolute atomic E-state index is 0.0966. The van der Waals surface area contributed by atoms with Gasteiger partial charge in [0.2, 0.25) is 11.6 Å². The van der Waals surface area contributed by atoms with Crippen LogP contribution < -0.4 is 21.7 Å². The van der Waals surface area contributed by atoms with Gasteiger partial charge in [-0.05, 0) is 70.0 Å². The van der Waals surface area contributed by atoms with Crippen molar-refractivity contribution in [1.82, 2.24) is 16.0 Å². The monoisotopic (exact) mass is 642 g/mol. The van der Waals surface area contributed by atoms with Gasteiger partial charge in [-0.25, -0.2) is 4.79 Å². The number of allylic oxidation sites excluding steroid dienone is 4. The smallest absolute Gasteiger partial charge is 0.405 e. The van der Waals surface area contributed by atoms with E-state index in [0.29, 0.717) is 30.0 Å². The van der Waals surface area contributed by atoms with Crippen LogP contribution in [0.2, 0.25) is 0 Å². The molecule has 12 nitrogen and oxygen atoms in total. The lowest BCUT2D eigenvalue weighted by Gasteiger charge is -2.30. The number of nitrogens with one attached hydrogen (secondary N) is 3. The van der Waals surface area contributed by atoms with Gasteiger partial charge in [-0.2, -0.15) is 0 Å². The second-order valence-corrected chi connectivity index (χ2v) is 12.5. The van der Waals surface area contributed by atoms with Crippen LogP contribution >= 0.6 is 0 Å². The molecule has 1 saturated heterocycles. The molecule has 2 aliphatic heterocycles. The maximum atomic E-state index is 13.8. The van der Waals surface area contributed by atoms with Crippen LogP contribution in [0.25, 0.3) is 0 Å². The molecule has 0 aromatic heterocycles. The van der Waals surface area contributed by atoms with E-state index in [1.807, 2.05) is 13.8 Å². The fraction of sp³-hybridized carbons (Fsp3) is 0.588. The maximum Gasteiger partial charge on any atom is 0.405 e. The van der Waals surface area contributed by atoms with Gasteiger partial charge < -0.3 is 41.0 Å². The normalized spacial score (nSPS) is 32.4. The Morgan fingerprint density at radius 2 is 1.80 bits per heavy atom. The number of piperidine rings is 1. The van der Waals surface area contributed by atoms with Crippen molar-refractivity contribution in [3.8, 4) is 0 Å². The first-order chi connectivity index (χ1) is 21.9. The van der Waals surface area contributed by atoms with Crippen molar-refractivity contribution in [2.75, 3.05) is 33.9 Å². The van der Waals surface area contributed by atoms with Crippen LogP contribution in [0, 0.1) is 17.8 Å². The van der Waals surface area contributed by atoms with Crippen molar-refractivity contribution in [3.63, 3.8) is 0 Å². The third kappa shape index (κ3) is 9.96. The number of ether oxygens (including phenoxy) is 3. The molecule has 0 aromatic rings. The SMILES string of the molecule is CO[C@H]1/C=C\C=C(\C)C(=O)NC2=CC(=O)C(NCC3CCNCC3)=C(C[C@@H](C)C[C@H](OC)[C@H](O)[C@@H](C)/C=C(/C)[C@@H]1OC(N)=O)C2=O. The van der Waals surface area contributed by atoms with Crippen molar-refractivity contribution in [1.29, 1.82) is 0 Å². The van der Waals surface area contributed by atoms with E-state index in [1.165, 1.54) is 26.4 Å². The molecule has 3 aliphatic rings. The topological polar surface area (TPSA) is 178 Å². The Hall–Kier alpha value is -3.58. The van der Waals surface area contributed by atoms with Crippen LogP contribution in [0.5, 0.6) is 0 Å². The third-order valence-electron chi connectivity index (χ3n) is 8.82. The Bertz CT molecular complexity index is 1290. The summed E-state index contributed by atoms with van der Waals surface area (Å²) < 4.78 is 16.7. The predicted octanol–water partition coefficient (Wildman–Crippen LogP) is 2.35. The van der Waals surface area contributed by atoms with Crippen LogP contribution in [0.1, 0.15) is 53.4 Å². The minimum Gasteiger partial charge on any atom is -0.439 e. The summed E-state index contributed by atoms with van der Waals surface area (Å²) in [6.07, 6.45) is 5.93. The molecule has 3 rings (SSSR count). The first-order valence-electron chi connectivity index (χ1n) is 15.9. The number of Topliss-reactive ketones (excluding diaryl/α,β-unsaturated/α-hetero) is 1. The summed E-state index contributed by atoms with van der Waals surface area (Å²) in [5, 5.41) is 20.6. The molecule has 0 aromatic carbocycles. The largest absolute Gasteiger partial charge is 0.439 e. The zero-order valence-corrected chi connectivity index (χ0v) is 27.8. The fourth-order valence-electron chi connectivity index (χ4n) is 6.11. The number of rotatable bonds is 6. The van der Waals surface area contributed by atoms with Gasteiger partial charge in [0, 0.05) is 43.9 Å². The van der Waals surface area contributed by atoms with Gasteiger partial charge in [0.25, 0.3) is 5.91 Å². The highest BCUT2D eigenvalue weighted by molar-refractivity contribution is 6.23. The fourth-order valence-corrected chi connectivity index (χ4v) is 6.11. The first kappa shape index (κ1) is 36.9. The van der Waals surface area contributed by atoms with E-state index in [1.54, 1.807) is 32.1 Å². The van der Waals surface area contributed by atoms with E-state index >= 15 is 0 Å². The third-order valence-corrected chi connectivity index (χ3v) is 8.82. The number of methoxy groups -OCH3 is 2. The molecule has 0 spiro atoms. The van der Waals surface area contributed by atoms with Gasteiger partial charge in [0.15, 0.2) is 6.10 Å². The van der Waals surface area contributed by atoms with Crippen LogP contribution in [0.3, 0.4) is 0 Å². The quantitative estimate of drug-likeness (QED) is 0.213. The van der Waals surface area contributed by atoms with Crippen LogP contribution in [-0.4, -0.2) is 86.9 Å². The van der Waals surface area contributed by atoms with Crippen molar-refractivity contribution >= 4 is 23.6 Å². The van der Waals surface area contributed by atoms with Crippen molar-refractivity contribution in [2.45, 2.75) is 77.8 Å². The van der Waals surface area contributed by atoms with Gasteiger partial charge in [-0.3, -0.25) is 14.4 Å². The number of amides is 2. The van der Waals surface area contributed by atoms with E-state index in [0.717, 1.165) is 25.9 Å². The number of ketones is 2. The molecule has 6 atom stereocenters. The number of fused-ring (bicyclic) bond motifs is 2. The molecule has 2 bridgehead atoms. The molecule has 1 fully saturated rings. The summed E-state index contributed by atoms with van der Waals surface area (Å²) in [5.74, 6) is -1.62. The maximum absolute atomic E-state index is 13.8. The molecule has 0 unspecified atom stereocenters. The second kappa shape index (κ2) is 17.4. The van der Waals surface area contributed by atoms with Gasteiger partial charge in [0.1, 0.15) is 6.10 Å². The number of aliphatic hydroxyl groups is 1. The number of aliphatic hydroxyl groups excluding tert-OH is 1. The summed E-state index contributed by atoms with van der Waals surface area (Å²) in [7, 11) is 2.95. The van der Waals surface area contributed by atoms with Crippen molar-refractivity contribution < 1.29 is 38.5 Å². The molecule has 46 heavy (non-hydrogen) atoms.